The molecule has 0 radical (unpaired) electrons. The van der Waals surface area contributed by atoms with Gasteiger partial charge < -0.3 is 4.98 Å². The maximum atomic E-state index is 4.60. The summed E-state index contributed by atoms with van der Waals surface area (Å²) in [5, 5.41) is 9.83. The number of nitrogens with one attached hydrogen (secondary N) is 2. The molecule has 2 N–H and O–H groups in total. The van der Waals surface area contributed by atoms with Crippen LogP contribution >= 0.6 is 0 Å². The quantitative estimate of drug-likeness (QED) is 0.435. The van der Waals surface area contributed by atoms with Crippen molar-refractivity contribution in [3.8, 4) is 33.9 Å². The number of benzene rings is 1. The number of fused-ring (bicyclic) bond motifs is 2. The molecule has 6 rings (SSSR count). The summed E-state index contributed by atoms with van der Waals surface area (Å²) >= 11 is 0. The van der Waals surface area contributed by atoms with Crippen LogP contribution in [0.1, 0.15) is 0 Å². The van der Waals surface area contributed by atoms with Crippen molar-refractivity contribution in [2.75, 3.05) is 0 Å². The maximum Gasteiger partial charge on any atom is 0.116 e. The highest BCUT2D eigenvalue weighted by atomic mass is 15.1. The molecule has 0 aliphatic carbocycles. The Kier molecular flexibility index (Phi) is 3.67. The van der Waals surface area contributed by atoms with Gasteiger partial charge >= 0.3 is 0 Å². The van der Waals surface area contributed by atoms with Crippen LogP contribution < -0.4 is 0 Å². The van der Waals surface area contributed by atoms with Crippen molar-refractivity contribution in [1.82, 2.24) is 30.1 Å². The topological polar surface area (TPSA) is 83.1 Å². The van der Waals surface area contributed by atoms with Crippen molar-refractivity contribution in [1.29, 1.82) is 0 Å². The summed E-state index contributed by atoms with van der Waals surface area (Å²) in [5.74, 6) is 0. The van der Waals surface area contributed by atoms with E-state index in [1.54, 1.807) is 18.6 Å². The van der Waals surface area contributed by atoms with Gasteiger partial charge in [0.05, 0.1) is 22.6 Å². The van der Waals surface area contributed by atoms with Crippen molar-refractivity contribution < 1.29 is 0 Å². The van der Waals surface area contributed by atoms with Gasteiger partial charge in [-0.25, -0.2) is 0 Å². The molecule has 1 aromatic carbocycles. The summed E-state index contributed by atoms with van der Waals surface area (Å²) in [4.78, 5) is 16.7. The Morgan fingerprint density at radius 2 is 1.53 bits per heavy atom. The molecule has 142 valence electrons. The lowest BCUT2D eigenvalue weighted by molar-refractivity contribution is 1.12. The summed E-state index contributed by atoms with van der Waals surface area (Å²) in [7, 11) is 0. The monoisotopic (exact) mass is 388 g/mol. The van der Waals surface area contributed by atoms with Crippen molar-refractivity contribution >= 4 is 21.8 Å². The van der Waals surface area contributed by atoms with E-state index in [1.807, 2.05) is 48.7 Å². The lowest BCUT2D eigenvalue weighted by Crippen LogP contribution is -1.84. The molecule has 0 unspecified atom stereocenters. The van der Waals surface area contributed by atoms with Gasteiger partial charge in [-0.2, -0.15) is 5.10 Å². The number of nitrogens with zero attached hydrogens (tertiary/aromatic N) is 4. The summed E-state index contributed by atoms with van der Waals surface area (Å²) < 4.78 is 0. The summed E-state index contributed by atoms with van der Waals surface area (Å²) in [6.07, 6.45) is 7.19. The van der Waals surface area contributed by atoms with E-state index in [0.29, 0.717) is 0 Å². The van der Waals surface area contributed by atoms with E-state index >= 15 is 0 Å². The Labute approximate surface area is 171 Å². The number of H-pyrrole nitrogens is 2. The van der Waals surface area contributed by atoms with E-state index in [1.165, 1.54) is 0 Å². The summed E-state index contributed by atoms with van der Waals surface area (Å²) in [5.41, 5.74) is 7.77. The van der Waals surface area contributed by atoms with Gasteiger partial charge in [-0.05, 0) is 48.5 Å². The van der Waals surface area contributed by atoms with Gasteiger partial charge in [0.1, 0.15) is 5.69 Å². The summed E-state index contributed by atoms with van der Waals surface area (Å²) in [6, 6.07) is 20.2. The third kappa shape index (κ3) is 2.66. The normalized spacial score (nSPS) is 11.3. The molecule has 0 aliphatic heterocycles. The van der Waals surface area contributed by atoms with Crippen LogP contribution in [0.5, 0.6) is 0 Å². The molecule has 6 aromatic rings. The van der Waals surface area contributed by atoms with E-state index in [0.717, 1.165) is 55.7 Å². The van der Waals surface area contributed by atoms with Crippen LogP contribution in [0.15, 0.2) is 85.5 Å². The van der Waals surface area contributed by atoms with Gasteiger partial charge in [0.2, 0.25) is 0 Å². The molecule has 0 aliphatic rings. The second kappa shape index (κ2) is 6.63. The Morgan fingerprint density at radius 1 is 0.633 bits per heavy atom. The number of hydrogen-bond donors (Lipinski definition) is 2. The van der Waals surface area contributed by atoms with Crippen LogP contribution in [-0.2, 0) is 0 Å². The minimum Gasteiger partial charge on any atom is -0.353 e. The first-order valence-electron chi connectivity index (χ1n) is 9.65. The van der Waals surface area contributed by atoms with Crippen LogP contribution in [0.3, 0.4) is 0 Å². The largest absolute Gasteiger partial charge is 0.353 e. The smallest absolute Gasteiger partial charge is 0.116 e. The molecule has 0 saturated heterocycles. The first kappa shape index (κ1) is 16.6. The Hall–Kier alpha value is -4.32. The number of aromatic amines is 2. The Morgan fingerprint density at radius 3 is 2.40 bits per heavy atom. The Balaban J connectivity index is 1.52. The fourth-order valence-electron chi connectivity index (χ4n) is 3.83. The number of rotatable bonds is 3. The minimum absolute atomic E-state index is 0.875. The van der Waals surface area contributed by atoms with Crippen molar-refractivity contribution in [3.05, 3.63) is 85.5 Å². The van der Waals surface area contributed by atoms with Crippen LogP contribution in [0.25, 0.3) is 55.7 Å². The fraction of sp³-hybridized carbons (Fsp3) is 0. The van der Waals surface area contributed by atoms with E-state index in [2.05, 4.69) is 48.3 Å². The molecule has 5 aromatic heterocycles. The first-order chi connectivity index (χ1) is 14.9. The van der Waals surface area contributed by atoms with Gasteiger partial charge in [-0.15, -0.1) is 0 Å². The number of pyridine rings is 3. The van der Waals surface area contributed by atoms with Crippen LogP contribution in [0.4, 0.5) is 0 Å². The average Bonchev–Trinajstić information content (AvgIpc) is 3.43. The highest BCUT2D eigenvalue weighted by Gasteiger charge is 2.15. The zero-order valence-corrected chi connectivity index (χ0v) is 15.9. The highest BCUT2D eigenvalue weighted by molar-refractivity contribution is 6.00. The molecule has 5 heterocycles. The van der Waals surface area contributed by atoms with Crippen LogP contribution in [-0.4, -0.2) is 30.1 Å². The van der Waals surface area contributed by atoms with E-state index in [4.69, 9.17) is 0 Å². The standard InChI is InChI=1S/C24H16N6/c1-2-9-26-19(3-1)16-4-5-21-17(13-16)24(30-29-21)22-14-18-20(28-22)8-12-27-23(18)15-6-10-25-11-7-15/h1-14,28H,(H,29,30). The molecule has 6 nitrogen and oxygen atoms in total. The third-order valence-electron chi connectivity index (χ3n) is 5.28. The van der Waals surface area contributed by atoms with E-state index in [9.17, 15) is 0 Å². The predicted octanol–water partition coefficient (Wildman–Crippen LogP) is 5.23. The van der Waals surface area contributed by atoms with Crippen molar-refractivity contribution in [3.63, 3.8) is 0 Å². The second-order valence-corrected chi connectivity index (χ2v) is 7.09. The summed E-state index contributed by atoms with van der Waals surface area (Å²) in [6.45, 7) is 0. The lowest BCUT2D eigenvalue weighted by Gasteiger charge is -2.01. The molecule has 0 spiro atoms. The Bertz CT molecular complexity index is 1480. The van der Waals surface area contributed by atoms with Gasteiger partial charge in [-0.3, -0.25) is 20.1 Å². The SMILES string of the molecule is c1ccc(-c2ccc3[nH]nc(-c4cc5c(-c6ccncc6)nccc5[nH]4)c3c2)nc1. The molecule has 6 heteroatoms. The average molecular weight is 388 g/mol. The van der Waals surface area contributed by atoms with Crippen molar-refractivity contribution in [2.45, 2.75) is 0 Å². The van der Waals surface area contributed by atoms with Crippen molar-refractivity contribution in [2.24, 2.45) is 0 Å². The van der Waals surface area contributed by atoms with Gasteiger partial charge in [0, 0.05) is 52.2 Å². The second-order valence-electron chi connectivity index (χ2n) is 7.09. The molecule has 0 amide bonds. The van der Waals surface area contributed by atoms with Gasteiger partial charge in [0.15, 0.2) is 0 Å². The molecule has 0 fully saturated rings. The minimum atomic E-state index is 0.875. The number of hydrogen-bond acceptors (Lipinski definition) is 4. The lowest BCUT2D eigenvalue weighted by atomic mass is 10.1. The molecule has 0 bridgehead atoms. The molecular weight excluding hydrogens is 372 g/mol. The third-order valence-corrected chi connectivity index (χ3v) is 5.28. The number of aromatic nitrogens is 6. The molecular formula is C24H16N6. The zero-order chi connectivity index (χ0) is 19.9. The maximum absolute atomic E-state index is 4.60. The van der Waals surface area contributed by atoms with Crippen LogP contribution in [0, 0.1) is 0 Å². The molecule has 0 saturated carbocycles. The van der Waals surface area contributed by atoms with Gasteiger partial charge in [-0.1, -0.05) is 12.1 Å². The fourth-order valence-corrected chi connectivity index (χ4v) is 3.83. The molecule has 30 heavy (non-hydrogen) atoms. The highest BCUT2D eigenvalue weighted by Crippen LogP contribution is 2.33. The van der Waals surface area contributed by atoms with Gasteiger partial charge in [0.25, 0.3) is 0 Å². The van der Waals surface area contributed by atoms with E-state index < -0.39 is 0 Å². The molecule has 0 atom stereocenters. The predicted molar refractivity (Wildman–Crippen MR) is 118 cm³/mol. The van der Waals surface area contributed by atoms with E-state index in [-0.39, 0.29) is 0 Å². The zero-order valence-electron chi connectivity index (χ0n) is 15.9. The van der Waals surface area contributed by atoms with Crippen LogP contribution in [0.2, 0.25) is 0 Å². The first-order valence-corrected chi connectivity index (χ1v) is 9.65.